The summed E-state index contributed by atoms with van der Waals surface area (Å²) in [6.45, 7) is 2.09. The van der Waals surface area contributed by atoms with Crippen molar-refractivity contribution in [3.8, 4) is 0 Å². The van der Waals surface area contributed by atoms with Crippen LogP contribution < -0.4 is 5.73 Å². The van der Waals surface area contributed by atoms with Crippen molar-refractivity contribution in [2.75, 3.05) is 26.3 Å². The molecule has 1 aliphatic carbocycles. The van der Waals surface area contributed by atoms with Gasteiger partial charge in [-0.3, -0.25) is 4.79 Å². The highest BCUT2D eigenvalue weighted by molar-refractivity contribution is 5.80. The van der Waals surface area contributed by atoms with Gasteiger partial charge in [0.1, 0.15) is 11.9 Å². The second kappa shape index (κ2) is 6.67. The van der Waals surface area contributed by atoms with E-state index in [0.29, 0.717) is 31.9 Å². The molecule has 2 aliphatic heterocycles. The van der Waals surface area contributed by atoms with Crippen molar-refractivity contribution >= 4 is 5.91 Å². The summed E-state index contributed by atoms with van der Waals surface area (Å²) in [5.74, 6) is -0.156. The van der Waals surface area contributed by atoms with Crippen LogP contribution in [-0.4, -0.2) is 48.8 Å². The molecule has 25 heavy (non-hydrogen) atoms. The zero-order valence-electron chi connectivity index (χ0n) is 14.3. The Bertz CT molecular complexity index is 647. The number of carbonyl (C=O) groups excluding carboxylic acids is 1. The Hall–Kier alpha value is -1.50. The summed E-state index contributed by atoms with van der Waals surface area (Å²) < 4.78 is 25.6. The Labute approximate surface area is 147 Å². The average molecular weight is 348 g/mol. The fourth-order valence-electron chi connectivity index (χ4n) is 4.40. The molecule has 0 radical (unpaired) electrons. The maximum atomic E-state index is 14.0. The second-order valence-corrected chi connectivity index (χ2v) is 7.55. The van der Waals surface area contributed by atoms with Crippen molar-refractivity contribution in [1.29, 1.82) is 0 Å². The van der Waals surface area contributed by atoms with Crippen LogP contribution >= 0.6 is 0 Å². The molecule has 2 unspecified atom stereocenters. The summed E-state index contributed by atoms with van der Waals surface area (Å²) in [7, 11) is 0. The number of rotatable bonds is 2. The zero-order chi connectivity index (χ0) is 17.4. The van der Waals surface area contributed by atoms with Crippen molar-refractivity contribution in [1.82, 2.24) is 4.90 Å². The molecule has 1 amide bonds. The van der Waals surface area contributed by atoms with E-state index in [0.717, 1.165) is 25.7 Å². The van der Waals surface area contributed by atoms with E-state index in [1.165, 1.54) is 6.07 Å². The summed E-state index contributed by atoms with van der Waals surface area (Å²) in [6, 6.07) is 6.79. The molecule has 3 aliphatic rings. The molecule has 1 spiro atoms. The molecule has 5 nitrogen and oxygen atoms in total. The van der Waals surface area contributed by atoms with Crippen LogP contribution in [0.25, 0.3) is 0 Å². The zero-order valence-corrected chi connectivity index (χ0v) is 14.3. The molecule has 1 saturated carbocycles. The number of nitrogens with zero attached hydrogens (tertiary/aromatic N) is 1. The number of ether oxygens (including phenoxy) is 2. The summed E-state index contributed by atoms with van der Waals surface area (Å²) in [6.07, 6.45) is 2.85. The molecule has 1 aromatic rings. The van der Waals surface area contributed by atoms with Gasteiger partial charge in [0.25, 0.3) is 0 Å². The molecular weight excluding hydrogens is 323 g/mol. The van der Waals surface area contributed by atoms with E-state index in [4.69, 9.17) is 15.2 Å². The maximum absolute atomic E-state index is 14.0. The number of halogens is 1. The predicted molar refractivity (Wildman–Crippen MR) is 90.3 cm³/mol. The molecule has 2 saturated heterocycles. The summed E-state index contributed by atoms with van der Waals surface area (Å²) >= 11 is 0. The van der Waals surface area contributed by atoms with E-state index < -0.39 is 6.10 Å². The van der Waals surface area contributed by atoms with Gasteiger partial charge in [-0.15, -0.1) is 0 Å². The number of benzene rings is 1. The number of hydrogen-bond donors (Lipinski definition) is 1. The van der Waals surface area contributed by atoms with Crippen LogP contribution in [0.3, 0.4) is 0 Å². The van der Waals surface area contributed by atoms with Gasteiger partial charge in [-0.2, -0.15) is 0 Å². The van der Waals surface area contributed by atoms with Gasteiger partial charge in [0.15, 0.2) is 0 Å². The highest BCUT2D eigenvalue weighted by Gasteiger charge is 2.51. The molecule has 0 aromatic heterocycles. The van der Waals surface area contributed by atoms with Gasteiger partial charge in [-0.1, -0.05) is 18.2 Å². The SMILES string of the molecule is NC1CCOC2(C1)CC(C(=O)N1CCOC(c3ccccc3F)C1)C2. The number of morpholine rings is 1. The van der Waals surface area contributed by atoms with E-state index in [1.807, 2.05) is 4.90 Å². The predicted octanol–water partition coefficient (Wildman–Crippen LogP) is 2.01. The first kappa shape index (κ1) is 16.9. The molecule has 1 aromatic carbocycles. The van der Waals surface area contributed by atoms with Gasteiger partial charge >= 0.3 is 0 Å². The van der Waals surface area contributed by atoms with Crippen LogP contribution in [0, 0.1) is 11.7 Å². The van der Waals surface area contributed by atoms with Crippen LogP contribution in [-0.2, 0) is 14.3 Å². The van der Waals surface area contributed by atoms with Crippen molar-refractivity contribution in [3.05, 3.63) is 35.6 Å². The standard InChI is InChI=1S/C19H25FN2O3/c20-16-4-2-1-3-15(16)17-12-22(6-8-24-17)18(23)13-9-19(10-13)11-14(21)5-7-25-19/h1-4,13-14,17H,5-12,21H2. The molecule has 4 rings (SSSR count). The highest BCUT2D eigenvalue weighted by atomic mass is 19.1. The van der Waals surface area contributed by atoms with Crippen molar-refractivity contribution in [2.24, 2.45) is 11.7 Å². The minimum Gasteiger partial charge on any atom is -0.375 e. The summed E-state index contributed by atoms with van der Waals surface area (Å²) in [5.41, 5.74) is 6.39. The van der Waals surface area contributed by atoms with Crippen molar-refractivity contribution < 1.29 is 18.7 Å². The normalized spacial score (nSPS) is 35.4. The minimum absolute atomic E-state index is 0.00956. The first-order chi connectivity index (χ1) is 12.1. The van der Waals surface area contributed by atoms with E-state index in [9.17, 15) is 9.18 Å². The number of amides is 1. The molecule has 3 fully saturated rings. The Kier molecular flexibility index (Phi) is 4.52. The Morgan fingerprint density at radius 2 is 2.04 bits per heavy atom. The van der Waals surface area contributed by atoms with E-state index in [2.05, 4.69) is 0 Å². The summed E-state index contributed by atoms with van der Waals surface area (Å²) in [4.78, 5) is 14.7. The molecular formula is C19H25FN2O3. The van der Waals surface area contributed by atoms with E-state index in [1.54, 1.807) is 18.2 Å². The third-order valence-corrected chi connectivity index (χ3v) is 5.75. The van der Waals surface area contributed by atoms with E-state index in [-0.39, 0.29) is 29.3 Å². The van der Waals surface area contributed by atoms with Gasteiger partial charge < -0.3 is 20.1 Å². The minimum atomic E-state index is -0.396. The monoisotopic (exact) mass is 348 g/mol. The van der Waals surface area contributed by atoms with Gasteiger partial charge in [0.05, 0.1) is 18.8 Å². The lowest BCUT2D eigenvalue weighted by atomic mass is 9.66. The molecule has 2 heterocycles. The lowest BCUT2D eigenvalue weighted by molar-refractivity contribution is -0.179. The number of hydrogen-bond acceptors (Lipinski definition) is 4. The Morgan fingerprint density at radius 3 is 2.80 bits per heavy atom. The molecule has 2 atom stereocenters. The molecule has 6 heteroatoms. The Balaban J connectivity index is 1.37. The maximum Gasteiger partial charge on any atom is 0.226 e. The first-order valence-electron chi connectivity index (χ1n) is 9.11. The van der Waals surface area contributed by atoms with Gasteiger partial charge in [-0.25, -0.2) is 4.39 Å². The number of nitrogens with two attached hydrogens (primary N) is 1. The molecule has 0 bridgehead atoms. The van der Waals surface area contributed by atoms with E-state index >= 15 is 0 Å². The van der Waals surface area contributed by atoms with Crippen LogP contribution in [0.2, 0.25) is 0 Å². The second-order valence-electron chi connectivity index (χ2n) is 7.55. The Morgan fingerprint density at radius 1 is 1.24 bits per heavy atom. The largest absolute Gasteiger partial charge is 0.375 e. The van der Waals surface area contributed by atoms with Crippen LogP contribution in [0.1, 0.15) is 37.4 Å². The van der Waals surface area contributed by atoms with Crippen LogP contribution in [0.4, 0.5) is 4.39 Å². The number of carbonyl (C=O) groups is 1. The third-order valence-electron chi connectivity index (χ3n) is 5.75. The van der Waals surface area contributed by atoms with Crippen LogP contribution in [0.5, 0.6) is 0 Å². The lowest BCUT2D eigenvalue weighted by Gasteiger charge is -2.51. The fraction of sp³-hybridized carbons (Fsp3) is 0.632. The quantitative estimate of drug-likeness (QED) is 0.888. The smallest absolute Gasteiger partial charge is 0.226 e. The van der Waals surface area contributed by atoms with Crippen LogP contribution in [0.15, 0.2) is 24.3 Å². The third kappa shape index (κ3) is 3.30. The van der Waals surface area contributed by atoms with Gasteiger partial charge in [-0.05, 0) is 31.7 Å². The first-order valence-corrected chi connectivity index (χ1v) is 9.11. The molecule has 136 valence electrons. The lowest BCUT2D eigenvalue weighted by Crippen LogP contribution is -2.58. The van der Waals surface area contributed by atoms with Gasteiger partial charge in [0, 0.05) is 30.7 Å². The van der Waals surface area contributed by atoms with Gasteiger partial charge in [0.2, 0.25) is 5.91 Å². The summed E-state index contributed by atoms with van der Waals surface area (Å²) in [5, 5.41) is 0. The highest BCUT2D eigenvalue weighted by Crippen LogP contribution is 2.47. The topological polar surface area (TPSA) is 64.8 Å². The average Bonchev–Trinajstić information content (AvgIpc) is 2.59. The fourth-order valence-corrected chi connectivity index (χ4v) is 4.40. The van der Waals surface area contributed by atoms with Crippen molar-refractivity contribution in [2.45, 2.75) is 43.4 Å². The van der Waals surface area contributed by atoms with Crippen molar-refractivity contribution in [3.63, 3.8) is 0 Å². The molecule has 2 N–H and O–H groups in total.